The summed E-state index contributed by atoms with van der Waals surface area (Å²) < 4.78 is 10.5. The molecule has 2 saturated heterocycles. The minimum absolute atomic E-state index is 0.0922. The van der Waals surface area contributed by atoms with E-state index in [2.05, 4.69) is 4.90 Å². The van der Waals surface area contributed by atoms with Gasteiger partial charge in [0.2, 0.25) is 10.8 Å². The van der Waals surface area contributed by atoms with Gasteiger partial charge in [-0.1, -0.05) is 18.2 Å². The van der Waals surface area contributed by atoms with Gasteiger partial charge in [0.1, 0.15) is 5.75 Å². The monoisotopic (exact) mass is 509 g/mol. The third-order valence-corrected chi connectivity index (χ3v) is 8.68. The molecule has 0 radical (unpaired) electrons. The molecule has 1 spiro atoms. The lowest BCUT2D eigenvalue weighted by atomic mass is 9.97. The fraction of sp³-hybridized carbons (Fsp3) is 0.444. The quantitative estimate of drug-likeness (QED) is 0.551. The number of amides is 2. The average Bonchev–Trinajstić information content (AvgIpc) is 3.30. The number of nitrogens with zero attached hydrogens (tertiary/aromatic N) is 3. The largest absolute Gasteiger partial charge is 0.497 e. The molecule has 3 aliphatic heterocycles. The fourth-order valence-corrected chi connectivity index (χ4v) is 6.91. The van der Waals surface area contributed by atoms with E-state index in [1.165, 1.54) is 11.8 Å². The van der Waals surface area contributed by atoms with Crippen LogP contribution in [0.3, 0.4) is 0 Å². The molecule has 36 heavy (non-hydrogen) atoms. The minimum atomic E-state index is -1.16. The van der Waals surface area contributed by atoms with Crippen molar-refractivity contribution in [1.82, 2.24) is 4.90 Å². The zero-order valence-electron chi connectivity index (χ0n) is 20.8. The number of ether oxygens (including phenoxy) is 2. The molecular formula is C27H31N3O5S. The second kappa shape index (κ2) is 9.78. The van der Waals surface area contributed by atoms with Crippen molar-refractivity contribution < 1.29 is 23.9 Å². The topological polar surface area (TPSA) is 79.4 Å². The predicted octanol–water partition coefficient (Wildman–Crippen LogP) is 3.60. The molecule has 0 aromatic heterocycles. The Morgan fingerprint density at radius 3 is 2.44 bits per heavy atom. The number of thioether (sulfide) groups is 1. The lowest BCUT2D eigenvalue weighted by molar-refractivity contribution is -0.149. The van der Waals surface area contributed by atoms with Crippen molar-refractivity contribution in [2.75, 3.05) is 43.3 Å². The molecule has 2 aromatic rings. The highest BCUT2D eigenvalue weighted by Crippen LogP contribution is 2.57. The molecule has 0 N–H and O–H groups in total. The number of benzene rings is 2. The molecule has 3 heterocycles. The number of piperidine rings is 1. The van der Waals surface area contributed by atoms with Gasteiger partial charge in [-0.05, 0) is 57.0 Å². The van der Waals surface area contributed by atoms with Crippen LogP contribution in [-0.2, 0) is 24.0 Å². The highest BCUT2D eigenvalue weighted by atomic mass is 32.2. The number of fused-ring (bicyclic) bond motifs is 2. The van der Waals surface area contributed by atoms with Gasteiger partial charge in [0.05, 0.1) is 37.2 Å². The molecule has 2 amide bonds. The summed E-state index contributed by atoms with van der Waals surface area (Å²) in [7, 11) is 1.60. The second-order valence-corrected chi connectivity index (χ2v) is 10.8. The van der Waals surface area contributed by atoms with Gasteiger partial charge in [-0.3, -0.25) is 29.1 Å². The van der Waals surface area contributed by atoms with Gasteiger partial charge in [-0.2, -0.15) is 0 Å². The molecule has 190 valence electrons. The van der Waals surface area contributed by atoms with Crippen LogP contribution in [0.4, 0.5) is 11.4 Å². The van der Waals surface area contributed by atoms with Crippen LogP contribution in [-0.4, -0.2) is 61.4 Å². The first-order valence-electron chi connectivity index (χ1n) is 12.4. The Labute approximate surface area is 215 Å². The molecule has 2 aromatic carbocycles. The number of hydrogen-bond acceptors (Lipinski definition) is 7. The van der Waals surface area contributed by atoms with E-state index in [0.29, 0.717) is 50.6 Å². The molecule has 0 saturated carbocycles. The Bertz CT molecular complexity index is 1160. The van der Waals surface area contributed by atoms with Crippen LogP contribution >= 0.6 is 11.8 Å². The number of likely N-dealkylation sites (tertiary alicyclic amines) is 1. The third kappa shape index (κ3) is 3.94. The Kier molecular flexibility index (Phi) is 6.70. The van der Waals surface area contributed by atoms with Crippen LogP contribution in [0.5, 0.6) is 5.75 Å². The van der Waals surface area contributed by atoms with Crippen LogP contribution in [0.1, 0.15) is 32.3 Å². The van der Waals surface area contributed by atoms with Crippen molar-refractivity contribution >= 4 is 40.9 Å². The summed E-state index contributed by atoms with van der Waals surface area (Å²) >= 11 is 1.40. The molecule has 0 unspecified atom stereocenters. The van der Waals surface area contributed by atoms with E-state index in [1.54, 1.807) is 29.0 Å². The zero-order valence-corrected chi connectivity index (χ0v) is 21.6. The summed E-state index contributed by atoms with van der Waals surface area (Å²) in [6.07, 6.45) is 1.41. The van der Waals surface area contributed by atoms with Crippen LogP contribution in [0.25, 0.3) is 0 Å². The van der Waals surface area contributed by atoms with Crippen molar-refractivity contribution in [2.45, 2.75) is 36.8 Å². The fourth-order valence-electron chi connectivity index (χ4n) is 5.38. The van der Waals surface area contributed by atoms with E-state index in [-0.39, 0.29) is 29.0 Å². The molecule has 2 atom stereocenters. The second-order valence-electron chi connectivity index (χ2n) is 9.31. The molecule has 8 nitrogen and oxygen atoms in total. The Balaban J connectivity index is 1.45. The molecule has 0 bridgehead atoms. The van der Waals surface area contributed by atoms with Crippen molar-refractivity contribution in [3.8, 4) is 5.75 Å². The maximum absolute atomic E-state index is 14.3. The Morgan fingerprint density at radius 1 is 1.08 bits per heavy atom. The minimum Gasteiger partial charge on any atom is -0.497 e. The Hall–Kier alpha value is -3.04. The van der Waals surface area contributed by atoms with E-state index in [0.717, 1.165) is 11.3 Å². The van der Waals surface area contributed by atoms with Crippen LogP contribution in [0, 0.1) is 5.92 Å². The first-order chi connectivity index (χ1) is 17.4. The molecule has 2 fully saturated rings. The van der Waals surface area contributed by atoms with E-state index in [9.17, 15) is 14.4 Å². The number of rotatable bonds is 6. The molecule has 0 aliphatic carbocycles. The molecule has 3 aliphatic rings. The first-order valence-corrected chi connectivity index (χ1v) is 13.2. The summed E-state index contributed by atoms with van der Waals surface area (Å²) in [5, 5.41) is -0.371. The zero-order chi connectivity index (χ0) is 25.4. The van der Waals surface area contributed by atoms with Gasteiger partial charge in [0.25, 0.3) is 5.91 Å². The van der Waals surface area contributed by atoms with Gasteiger partial charge in [-0.15, -0.1) is 11.8 Å². The normalized spacial score (nSPS) is 24.5. The van der Waals surface area contributed by atoms with Crippen molar-refractivity contribution in [3.63, 3.8) is 0 Å². The van der Waals surface area contributed by atoms with Crippen molar-refractivity contribution in [3.05, 3.63) is 54.1 Å². The third-order valence-electron chi connectivity index (χ3n) is 7.20. The predicted molar refractivity (Wildman–Crippen MR) is 139 cm³/mol. The maximum Gasteiger partial charge on any atom is 0.309 e. The van der Waals surface area contributed by atoms with Crippen molar-refractivity contribution in [2.24, 2.45) is 5.92 Å². The lowest BCUT2D eigenvalue weighted by Crippen LogP contribution is -2.52. The number of anilines is 2. The number of carbonyl (C=O) groups excluding carboxylic acids is 3. The van der Waals surface area contributed by atoms with Crippen molar-refractivity contribution in [1.29, 1.82) is 0 Å². The van der Waals surface area contributed by atoms with Gasteiger partial charge in [0.15, 0.2) is 0 Å². The van der Waals surface area contributed by atoms with E-state index in [4.69, 9.17) is 9.47 Å². The molecule has 9 heteroatoms. The van der Waals surface area contributed by atoms with Crippen LogP contribution < -0.4 is 14.5 Å². The average molecular weight is 510 g/mol. The summed E-state index contributed by atoms with van der Waals surface area (Å²) in [5.74, 6) is 0.249. The smallest absolute Gasteiger partial charge is 0.309 e. The summed E-state index contributed by atoms with van der Waals surface area (Å²) in [6, 6.07) is 15.0. The number of para-hydroxylation sites is 1. The van der Waals surface area contributed by atoms with E-state index >= 15 is 0 Å². The van der Waals surface area contributed by atoms with Crippen LogP contribution in [0.2, 0.25) is 0 Å². The van der Waals surface area contributed by atoms with E-state index < -0.39 is 4.87 Å². The highest BCUT2D eigenvalue weighted by molar-refractivity contribution is 8.03. The summed E-state index contributed by atoms with van der Waals surface area (Å²) in [4.78, 5) is 44.4. The molecular weight excluding hydrogens is 478 g/mol. The summed E-state index contributed by atoms with van der Waals surface area (Å²) in [5.41, 5.74) is 2.32. The van der Waals surface area contributed by atoms with Gasteiger partial charge < -0.3 is 9.47 Å². The van der Waals surface area contributed by atoms with Crippen LogP contribution in [0.15, 0.2) is 48.5 Å². The number of esters is 1. The van der Waals surface area contributed by atoms with E-state index in [1.807, 2.05) is 50.2 Å². The van der Waals surface area contributed by atoms with Gasteiger partial charge >= 0.3 is 5.97 Å². The number of methoxy groups -OCH3 is 1. The Morgan fingerprint density at radius 2 is 1.78 bits per heavy atom. The SMILES string of the molecule is CCOC(=O)C1CCN(CN2C(=O)[C@]3(S[C@H](C)C(=O)N3c3ccc(OC)cc3)c3ccccc32)CC1. The summed E-state index contributed by atoms with van der Waals surface area (Å²) in [6.45, 7) is 5.88. The number of hydrogen-bond donors (Lipinski definition) is 0. The molecule has 5 rings (SSSR count). The van der Waals surface area contributed by atoms with Gasteiger partial charge in [-0.25, -0.2) is 0 Å². The number of carbonyl (C=O) groups is 3. The van der Waals surface area contributed by atoms with Gasteiger partial charge in [0, 0.05) is 24.3 Å². The first kappa shape index (κ1) is 24.6. The lowest BCUT2D eigenvalue weighted by Gasteiger charge is -2.36. The maximum atomic E-state index is 14.3. The standard InChI is InChI=1S/C27H31N3O5S/c1-4-35-25(32)19-13-15-28(16-14-19)17-29-23-8-6-5-7-22(23)27(26(29)33)30(24(31)18(2)36-27)20-9-11-21(34-3)12-10-20/h5-12,18-19H,4,13-17H2,1-3H3/t18-,27-/m1/s1. The highest BCUT2D eigenvalue weighted by Gasteiger charge is 2.63.